The number of hydrogen-bond donors (Lipinski definition) is 0. The molecule has 0 amide bonds. The van der Waals surface area contributed by atoms with Crippen LogP contribution in [-0.2, 0) is 6.54 Å². The van der Waals surface area contributed by atoms with Crippen molar-refractivity contribution in [2.24, 2.45) is 0 Å². The first-order valence-corrected chi connectivity index (χ1v) is 8.44. The minimum Gasteiger partial charge on any atom is -0.490 e. The molecule has 0 unspecified atom stereocenters. The first-order valence-electron chi connectivity index (χ1n) is 8.44. The summed E-state index contributed by atoms with van der Waals surface area (Å²) in [6, 6.07) is 9.76. The van der Waals surface area contributed by atoms with E-state index in [4.69, 9.17) is 14.2 Å². The van der Waals surface area contributed by atoms with Crippen molar-refractivity contribution in [1.29, 1.82) is 0 Å². The summed E-state index contributed by atoms with van der Waals surface area (Å²) in [5.41, 5.74) is 1.25. The van der Waals surface area contributed by atoms with Gasteiger partial charge in [0.25, 0.3) is 0 Å². The summed E-state index contributed by atoms with van der Waals surface area (Å²) in [5.74, 6) is 2.69. The number of rotatable bonds is 7. The summed E-state index contributed by atoms with van der Waals surface area (Å²) >= 11 is 0. The predicted octanol–water partition coefficient (Wildman–Crippen LogP) is 3.88. The molecule has 1 aromatic heterocycles. The monoisotopic (exact) mass is 328 g/mol. The highest BCUT2D eigenvalue weighted by atomic mass is 16.5. The number of ether oxygens (including phenoxy) is 3. The molecule has 0 bridgehead atoms. The van der Waals surface area contributed by atoms with Gasteiger partial charge in [0.2, 0.25) is 5.88 Å². The van der Waals surface area contributed by atoms with E-state index in [-0.39, 0.29) is 0 Å². The van der Waals surface area contributed by atoms with Crippen LogP contribution in [0.3, 0.4) is 0 Å². The molecule has 2 aromatic rings. The lowest BCUT2D eigenvalue weighted by Crippen LogP contribution is -2.18. The van der Waals surface area contributed by atoms with Gasteiger partial charge in [-0.15, -0.1) is 0 Å². The van der Waals surface area contributed by atoms with Crippen molar-refractivity contribution in [1.82, 2.24) is 9.88 Å². The molecule has 1 aliphatic rings. The zero-order chi connectivity index (χ0) is 16.8. The fourth-order valence-corrected chi connectivity index (χ4v) is 2.88. The molecule has 128 valence electrons. The minimum absolute atomic E-state index is 0.563. The van der Waals surface area contributed by atoms with E-state index in [1.54, 1.807) is 19.4 Å². The van der Waals surface area contributed by atoms with Crippen LogP contribution in [0.15, 0.2) is 36.5 Å². The molecule has 1 saturated heterocycles. The predicted molar refractivity (Wildman–Crippen MR) is 93.0 cm³/mol. The molecule has 5 nitrogen and oxygen atoms in total. The van der Waals surface area contributed by atoms with Crippen molar-refractivity contribution in [3.05, 3.63) is 42.1 Å². The van der Waals surface area contributed by atoms with E-state index < -0.39 is 0 Å². The maximum atomic E-state index is 5.93. The van der Waals surface area contributed by atoms with Gasteiger partial charge in [-0.05, 0) is 56.6 Å². The van der Waals surface area contributed by atoms with Gasteiger partial charge in [0, 0.05) is 12.6 Å². The van der Waals surface area contributed by atoms with Gasteiger partial charge in [0.15, 0.2) is 11.5 Å². The normalized spacial score (nSPS) is 14.6. The largest absolute Gasteiger partial charge is 0.490 e. The van der Waals surface area contributed by atoms with Gasteiger partial charge >= 0.3 is 0 Å². The van der Waals surface area contributed by atoms with Crippen LogP contribution in [0, 0.1) is 0 Å². The fourth-order valence-electron chi connectivity index (χ4n) is 2.88. The Balaban J connectivity index is 1.75. The van der Waals surface area contributed by atoms with Crippen LogP contribution in [0.1, 0.15) is 25.3 Å². The zero-order valence-electron chi connectivity index (χ0n) is 14.3. The standard InChI is InChI=1S/C19H24N2O3/c1-3-23-18-12-15(14-21-10-4-5-11-21)6-8-17(18)24-16-7-9-19(22-2)20-13-16/h6-9,12-13H,3-5,10-11,14H2,1-2H3. The molecule has 2 heterocycles. The van der Waals surface area contributed by atoms with E-state index in [0.717, 1.165) is 12.3 Å². The van der Waals surface area contributed by atoms with Crippen molar-refractivity contribution in [2.75, 3.05) is 26.8 Å². The van der Waals surface area contributed by atoms with Crippen LogP contribution in [0.5, 0.6) is 23.1 Å². The number of nitrogens with zero attached hydrogens (tertiary/aromatic N) is 2. The minimum atomic E-state index is 0.563. The van der Waals surface area contributed by atoms with Crippen LogP contribution >= 0.6 is 0 Å². The van der Waals surface area contributed by atoms with Crippen LogP contribution in [0.2, 0.25) is 0 Å². The van der Waals surface area contributed by atoms with E-state index in [1.807, 2.05) is 19.1 Å². The Hall–Kier alpha value is -2.27. The fraction of sp³-hybridized carbons (Fsp3) is 0.421. The molecule has 0 spiro atoms. The number of likely N-dealkylation sites (tertiary alicyclic amines) is 1. The third-order valence-electron chi connectivity index (χ3n) is 4.06. The Morgan fingerprint density at radius 3 is 2.58 bits per heavy atom. The summed E-state index contributed by atoms with van der Waals surface area (Å²) in [6.45, 7) is 5.90. The molecule has 0 radical (unpaired) electrons. The average molecular weight is 328 g/mol. The van der Waals surface area contributed by atoms with Crippen molar-refractivity contribution < 1.29 is 14.2 Å². The molecule has 1 aromatic carbocycles. The lowest BCUT2D eigenvalue weighted by molar-refractivity contribution is 0.314. The van der Waals surface area contributed by atoms with E-state index >= 15 is 0 Å². The Morgan fingerprint density at radius 1 is 1.08 bits per heavy atom. The van der Waals surface area contributed by atoms with Gasteiger partial charge in [0.05, 0.1) is 19.9 Å². The van der Waals surface area contributed by atoms with Gasteiger partial charge in [-0.3, -0.25) is 4.90 Å². The van der Waals surface area contributed by atoms with Crippen molar-refractivity contribution >= 4 is 0 Å². The maximum Gasteiger partial charge on any atom is 0.213 e. The quantitative estimate of drug-likeness (QED) is 0.772. The number of aromatic nitrogens is 1. The highest BCUT2D eigenvalue weighted by Crippen LogP contribution is 2.33. The highest BCUT2D eigenvalue weighted by molar-refractivity contribution is 5.45. The Bertz CT molecular complexity index is 652. The van der Waals surface area contributed by atoms with Crippen LogP contribution < -0.4 is 14.2 Å². The molecule has 0 N–H and O–H groups in total. The maximum absolute atomic E-state index is 5.93. The lowest BCUT2D eigenvalue weighted by atomic mass is 10.2. The summed E-state index contributed by atoms with van der Waals surface area (Å²) in [5, 5.41) is 0. The Kier molecular flexibility index (Phi) is 5.54. The van der Waals surface area contributed by atoms with Gasteiger partial charge in [-0.25, -0.2) is 4.98 Å². The Labute approximate surface area is 143 Å². The van der Waals surface area contributed by atoms with Crippen LogP contribution in [0.4, 0.5) is 0 Å². The van der Waals surface area contributed by atoms with Gasteiger partial charge in [-0.1, -0.05) is 6.07 Å². The molecular formula is C19H24N2O3. The number of benzene rings is 1. The molecule has 1 aliphatic heterocycles. The molecule has 24 heavy (non-hydrogen) atoms. The molecule has 5 heteroatoms. The second-order valence-electron chi connectivity index (χ2n) is 5.84. The van der Waals surface area contributed by atoms with Crippen molar-refractivity contribution in [3.63, 3.8) is 0 Å². The first-order chi connectivity index (χ1) is 11.8. The lowest BCUT2D eigenvalue weighted by Gasteiger charge is -2.17. The summed E-state index contributed by atoms with van der Waals surface area (Å²) in [6.07, 6.45) is 4.24. The summed E-state index contributed by atoms with van der Waals surface area (Å²) in [7, 11) is 1.59. The van der Waals surface area contributed by atoms with Gasteiger partial charge in [-0.2, -0.15) is 0 Å². The number of methoxy groups -OCH3 is 1. The van der Waals surface area contributed by atoms with Gasteiger partial charge in [0.1, 0.15) is 5.75 Å². The highest BCUT2D eigenvalue weighted by Gasteiger charge is 2.14. The van der Waals surface area contributed by atoms with Crippen molar-refractivity contribution in [3.8, 4) is 23.1 Å². The third kappa shape index (κ3) is 4.17. The SMILES string of the molecule is CCOc1cc(CN2CCCC2)ccc1Oc1ccc(OC)nc1. The topological polar surface area (TPSA) is 43.8 Å². The summed E-state index contributed by atoms with van der Waals surface area (Å²) in [4.78, 5) is 6.63. The number of hydrogen-bond acceptors (Lipinski definition) is 5. The first kappa shape index (κ1) is 16.6. The van der Waals surface area contributed by atoms with Crippen LogP contribution in [0.25, 0.3) is 0 Å². The van der Waals surface area contributed by atoms with E-state index in [0.29, 0.717) is 24.0 Å². The summed E-state index contributed by atoms with van der Waals surface area (Å²) < 4.78 is 16.8. The molecule has 3 rings (SSSR count). The molecule has 0 atom stereocenters. The average Bonchev–Trinajstić information content (AvgIpc) is 3.11. The zero-order valence-corrected chi connectivity index (χ0v) is 14.3. The second-order valence-corrected chi connectivity index (χ2v) is 5.84. The smallest absolute Gasteiger partial charge is 0.213 e. The molecule has 0 aliphatic carbocycles. The van der Waals surface area contributed by atoms with E-state index in [2.05, 4.69) is 22.0 Å². The Morgan fingerprint density at radius 2 is 1.92 bits per heavy atom. The molecule has 1 fully saturated rings. The second kappa shape index (κ2) is 8.02. The third-order valence-corrected chi connectivity index (χ3v) is 4.06. The number of pyridine rings is 1. The van der Waals surface area contributed by atoms with E-state index in [1.165, 1.54) is 31.5 Å². The van der Waals surface area contributed by atoms with E-state index in [9.17, 15) is 0 Å². The van der Waals surface area contributed by atoms with Crippen molar-refractivity contribution in [2.45, 2.75) is 26.3 Å². The molecule has 0 saturated carbocycles. The molecular weight excluding hydrogens is 304 g/mol. The van der Waals surface area contributed by atoms with Crippen LogP contribution in [-0.4, -0.2) is 36.7 Å². The van der Waals surface area contributed by atoms with Gasteiger partial charge < -0.3 is 14.2 Å².